The topological polar surface area (TPSA) is 12.9 Å². The van der Waals surface area contributed by atoms with Gasteiger partial charge in [-0.1, -0.05) is 42.5 Å². The lowest BCUT2D eigenvalue weighted by Gasteiger charge is -2.10. The van der Waals surface area contributed by atoms with Crippen LogP contribution in [0.2, 0.25) is 0 Å². The molecule has 2 aromatic carbocycles. The van der Waals surface area contributed by atoms with Gasteiger partial charge >= 0.3 is 0 Å². The third-order valence-electron chi connectivity index (χ3n) is 3.48. The molecule has 3 rings (SSSR count). The van der Waals surface area contributed by atoms with Crippen molar-refractivity contribution in [3.8, 4) is 11.3 Å². The monoisotopic (exact) mass is 295 g/mol. The Hall–Kier alpha value is -2.41. The van der Waals surface area contributed by atoms with Gasteiger partial charge in [0.25, 0.3) is 0 Å². The average Bonchev–Trinajstić information content (AvgIpc) is 2.66. The van der Waals surface area contributed by atoms with Crippen LogP contribution in [0.4, 0.5) is 0 Å². The maximum Gasteiger partial charge on any atom is 0.0705 e. The summed E-state index contributed by atoms with van der Waals surface area (Å²) in [4.78, 5) is 4.25. The van der Waals surface area contributed by atoms with Gasteiger partial charge in [0.1, 0.15) is 0 Å². The number of nitrogens with zero attached hydrogens (tertiary/aromatic N) is 1. The Morgan fingerprint density at radius 3 is 2.50 bits per heavy atom. The van der Waals surface area contributed by atoms with Gasteiger partial charge in [-0.3, -0.25) is 4.98 Å². The van der Waals surface area contributed by atoms with Crippen LogP contribution in [0.1, 0.15) is 38.8 Å². The largest absolute Gasteiger partial charge is 0.256 e. The van der Waals surface area contributed by atoms with Gasteiger partial charge < -0.3 is 0 Å². The van der Waals surface area contributed by atoms with Crippen LogP contribution in [-0.4, -0.2) is 4.98 Å². The van der Waals surface area contributed by atoms with E-state index in [2.05, 4.69) is 4.98 Å². The zero-order chi connectivity index (χ0) is 22.3. The van der Waals surface area contributed by atoms with Crippen molar-refractivity contribution in [2.75, 3.05) is 0 Å². The molecule has 0 aliphatic heterocycles. The van der Waals surface area contributed by atoms with Crippen LogP contribution < -0.4 is 0 Å². The molecule has 3 aromatic rings. The summed E-state index contributed by atoms with van der Waals surface area (Å²) >= 11 is 0. The highest BCUT2D eigenvalue weighted by molar-refractivity contribution is 5.62. The molecule has 0 bridgehead atoms. The van der Waals surface area contributed by atoms with E-state index in [0.717, 1.165) is 0 Å². The fourth-order valence-electron chi connectivity index (χ4n) is 2.22. The zero-order valence-electron chi connectivity index (χ0n) is 20.2. The van der Waals surface area contributed by atoms with Gasteiger partial charge in [0.2, 0.25) is 0 Å². The molecule has 0 aliphatic carbocycles. The predicted octanol–water partition coefficient (Wildman–Crippen LogP) is 5.26. The Morgan fingerprint density at radius 1 is 0.955 bits per heavy atom. The molecule has 0 saturated carbocycles. The third-order valence-corrected chi connectivity index (χ3v) is 3.48. The minimum Gasteiger partial charge on any atom is -0.256 e. The minimum atomic E-state index is -2.54. The summed E-state index contributed by atoms with van der Waals surface area (Å²) in [6.07, 6.45) is -0.873. The first-order valence-electron chi connectivity index (χ1n) is 11.0. The number of aromatic nitrogens is 1. The smallest absolute Gasteiger partial charge is 0.0705 e. The Labute approximate surface area is 143 Å². The lowest BCUT2D eigenvalue weighted by Crippen LogP contribution is -1.95. The molecule has 0 saturated heterocycles. The van der Waals surface area contributed by atoms with Gasteiger partial charge in [0.15, 0.2) is 0 Å². The molecular weight excluding hydrogens is 266 g/mol. The summed E-state index contributed by atoms with van der Waals surface area (Å²) in [6, 6.07) is 14.6. The van der Waals surface area contributed by atoms with E-state index >= 15 is 0 Å². The molecule has 1 aromatic heterocycles. The molecule has 110 valence electrons. The molecule has 0 aliphatic rings. The zero-order valence-corrected chi connectivity index (χ0v) is 12.2. The summed E-state index contributed by atoms with van der Waals surface area (Å²) in [7, 11) is 0. The van der Waals surface area contributed by atoms with Crippen LogP contribution in [0.25, 0.3) is 11.3 Å². The second kappa shape index (κ2) is 6.15. The van der Waals surface area contributed by atoms with E-state index in [1.165, 1.54) is 18.3 Å². The van der Waals surface area contributed by atoms with Gasteiger partial charge in [0, 0.05) is 22.7 Å². The Kier molecular flexibility index (Phi) is 2.16. The number of aryl methyl sites for hydroxylation is 3. The van der Waals surface area contributed by atoms with Crippen molar-refractivity contribution in [1.82, 2.24) is 4.98 Å². The van der Waals surface area contributed by atoms with Gasteiger partial charge in [-0.05, 0) is 67.0 Å². The molecule has 0 N–H and O–H groups in total. The minimum absolute atomic E-state index is 0.0104. The van der Waals surface area contributed by atoms with Crippen molar-refractivity contribution >= 4 is 0 Å². The second-order valence-electron chi connectivity index (χ2n) is 5.14. The van der Waals surface area contributed by atoms with E-state index in [4.69, 9.17) is 11.0 Å². The number of hydrogen-bond donors (Lipinski definition) is 0. The van der Waals surface area contributed by atoms with Gasteiger partial charge in [0.05, 0.1) is 5.69 Å². The van der Waals surface area contributed by atoms with E-state index in [1.807, 2.05) is 0 Å². The van der Waals surface area contributed by atoms with E-state index in [0.29, 0.717) is 22.4 Å². The maximum atomic E-state index is 8.66. The summed E-state index contributed by atoms with van der Waals surface area (Å²) in [5.74, 6) is 0. The van der Waals surface area contributed by atoms with Gasteiger partial charge in [-0.15, -0.1) is 0 Å². The van der Waals surface area contributed by atoms with Crippen molar-refractivity contribution in [1.29, 1.82) is 0 Å². The Balaban J connectivity index is 2.19. The Bertz CT molecular complexity index is 1050. The lowest BCUT2D eigenvalue weighted by atomic mass is 9.98. The van der Waals surface area contributed by atoms with Gasteiger partial charge in [-0.2, -0.15) is 0 Å². The maximum absolute atomic E-state index is 8.66. The van der Waals surface area contributed by atoms with E-state index < -0.39 is 20.1 Å². The molecule has 0 spiro atoms. The highest BCUT2D eigenvalue weighted by Gasteiger charge is 2.06. The molecular formula is C21H21N. The first kappa shape index (κ1) is 7.73. The summed E-state index contributed by atoms with van der Waals surface area (Å²) in [5.41, 5.74) is 1.93. The first-order chi connectivity index (χ1) is 13.8. The Morgan fingerprint density at radius 2 is 1.77 bits per heavy atom. The predicted molar refractivity (Wildman–Crippen MR) is 93.1 cm³/mol. The van der Waals surface area contributed by atoms with Crippen LogP contribution in [0, 0.1) is 20.6 Å². The second-order valence-corrected chi connectivity index (χ2v) is 5.14. The highest BCUT2D eigenvalue weighted by atomic mass is 14.7. The number of rotatable bonds is 3. The molecule has 0 unspecified atom stereocenters. The van der Waals surface area contributed by atoms with Crippen molar-refractivity contribution in [2.45, 2.75) is 27.0 Å². The number of benzene rings is 2. The molecule has 1 heteroatoms. The first-order valence-corrected chi connectivity index (χ1v) is 7.00. The normalized spacial score (nSPS) is 17.9. The fraction of sp³-hybridized carbons (Fsp3) is 0.190. The van der Waals surface area contributed by atoms with Crippen LogP contribution >= 0.6 is 0 Å². The lowest BCUT2D eigenvalue weighted by molar-refractivity contribution is 1.12. The van der Waals surface area contributed by atoms with Crippen molar-refractivity contribution in [3.63, 3.8) is 0 Å². The van der Waals surface area contributed by atoms with Gasteiger partial charge in [-0.25, -0.2) is 0 Å². The molecule has 0 atom stereocenters. The standard InChI is InChI=1S/C21H21N/c1-15-9-10-19(11-16(15)2)21-13-20(17(3)14-22-21)12-18-7-5-4-6-8-18/h4-11,13-14H,12H2,1-3H3/i1D3,3D3,12D2. The van der Waals surface area contributed by atoms with E-state index in [1.54, 1.807) is 49.4 Å². The molecule has 1 nitrogen and oxygen atoms in total. The van der Waals surface area contributed by atoms with Crippen molar-refractivity contribution in [2.24, 2.45) is 0 Å². The van der Waals surface area contributed by atoms with Crippen molar-refractivity contribution in [3.05, 3.63) is 88.6 Å². The van der Waals surface area contributed by atoms with E-state index in [9.17, 15) is 0 Å². The number of hydrogen-bond acceptors (Lipinski definition) is 1. The summed E-state index contributed by atoms with van der Waals surface area (Å²) < 4.78 is 63.6. The van der Waals surface area contributed by atoms with Crippen LogP contribution in [0.3, 0.4) is 0 Å². The molecule has 0 radical (unpaired) electrons. The average molecular weight is 295 g/mol. The quantitative estimate of drug-likeness (QED) is 0.642. The summed E-state index contributed by atoms with van der Waals surface area (Å²) in [5, 5.41) is 0. The SMILES string of the molecule is [2H]C([2H])([2H])c1ccc(-c2cc(C([2H])([2H])c3ccccc3)c(C([2H])([2H])[2H])cn2)cc1C. The summed E-state index contributed by atoms with van der Waals surface area (Å²) in [6.45, 7) is -3.09. The van der Waals surface area contributed by atoms with Crippen LogP contribution in [-0.2, 0) is 6.37 Å². The van der Waals surface area contributed by atoms with Crippen molar-refractivity contribution < 1.29 is 11.0 Å². The molecule has 0 fully saturated rings. The molecule has 0 amide bonds. The van der Waals surface area contributed by atoms with Crippen LogP contribution in [0.15, 0.2) is 60.8 Å². The molecule has 1 heterocycles. The highest BCUT2D eigenvalue weighted by Crippen LogP contribution is 2.23. The fourth-order valence-corrected chi connectivity index (χ4v) is 2.22. The third kappa shape index (κ3) is 3.09. The number of pyridine rings is 1. The molecule has 22 heavy (non-hydrogen) atoms. The van der Waals surface area contributed by atoms with E-state index in [-0.39, 0.29) is 16.7 Å². The van der Waals surface area contributed by atoms with Crippen LogP contribution in [0.5, 0.6) is 0 Å².